The molecule has 0 aliphatic carbocycles. The van der Waals surface area contributed by atoms with Crippen molar-refractivity contribution >= 4 is 17.5 Å². The van der Waals surface area contributed by atoms with Gasteiger partial charge in [-0.25, -0.2) is 9.78 Å². The molecular weight excluding hydrogens is 246 g/mol. The van der Waals surface area contributed by atoms with E-state index in [1.807, 2.05) is 6.92 Å². The molecule has 0 radical (unpaired) electrons. The van der Waals surface area contributed by atoms with Gasteiger partial charge in [0.2, 0.25) is 0 Å². The lowest BCUT2D eigenvalue weighted by Crippen LogP contribution is -2.25. The molecule has 3 N–H and O–H groups in total. The van der Waals surface area contributed by atoms with Crippen molar-refractivity contribution in [3.8, 4) is 0 Å². The minimum Gasteiger partial charge on any atom is -0.462 e. The Balaban J connectivity index is 2.90. The lowest BCUT2D eigenvalue weighted by atomic mass is 10.2. The largest absolute Gasteiger partial charge is 0.462 e. The fourth-order valence-corrected chi connectivity index (χ4v) is 1.63. The van der Waals surface area contributed by atoms with E-state index in [2.05, 4.69) is 10.3 Å². The van der Waals surface area contributed by atoms with Crippen molar-refractivity contribution in [3.05, 3.63) is 17.8 Å². The van der Waals surface area contributed by atoms with Crippen LogP contribution >= 0.6 is 0 Å². The number of pyridine rings is 1. The second-order valence-electron chi connectivity index (χ2n) is 4.05. The molecule has 0 aliphatic rings. The van der Waals surface area contributed by atoms with Crippen LogP contribution in [-0.4, -0.2) is 37.3 Å². The highest BCUT2D eigenvalue weighted by Gasteiger charge is 2.16. The number of aromatic nitrogens is 1. The van der Waals surface area contributed by atoms with E-state index in [1.165, 1.54) is 6.20 Å². The number of rotatable bonds is 7. The van der Waals surface area contributed by atoms with Crippen LogP contribution in [0.5, 0.6) is 0 Å². The first-order valence-electron chi connectivity index (χ1n) is 6.31. The molecule has 0 aromatic carbocycles. The molecule has 0 saturated carbocycles. The van der Waals surface area contributed by atoms with Gasteiger partial charge in [0.25, 0.3) is 0 Å². The van der Waals surface area contributed by atoms with E-state index < -0.39 is 5.97 Å². The van der Waals surface area contributed by atoms with Gasteiger partial charge in [-0.2, -0.15) is 0 Å². The Morgan fingerprint density at radius 2 is 2.26 bits per heavy atom. The van der Waals surface area contributed by atoms with Gasteiger partial charge >= 0.3 is 5.97 Å². The summed E-state index contributed by atoms with van der Waals surface area (Å²) in [6.07, 6.45) is 2.39. The summed E-state index contributed by atoms with van der Waals surface area (Å²) in [5.74, 6) is 0.0414. The lowest BCUT2D eigenvalue weighted by molar-refractivity contribution is 0.0527. The van der Waals surface area contributed by atoms with Crippen molar-refractivity contribution in [2.75, 3.05) is 31.4 Å². The summed E-state index contributed by atoms with van der Waals surface area (Å²) in [5.41, 5.74) is 6.57. The summed E-state index contributed by atoms with van der Waals surface area (Å²) in [7, 11) is 1.64. The Labute approximate surface area is 113 Å². The van der Waals surface area contributed by atoms with Crippen LogP contribution in [0.1, 0.15) is 30.6 Å². The standard InChI is InChI=1S/C13H21N3O3/c1-4-9(8-18-3)16-12-11(14)10(6-7-15-12)13(17)19-5-2/h6-7,9H,4-5,8,14H2,1-3H3,(H,15,16). The van der Waals surface area contributed by atoms with Crippen molar-refractivity contribution < 1.29 is 14.3 Å². The molecule has 0 fully saturated rings. The van der Waals surface area contributed by atoms with Crippen LogP contribution in [0.15, 0.2) is 12.3 Å². The maximum Gasteiger partial charge on any atom is 0.340 e. The van der Waals surface area contributed by atoms with Crippen molar-refractivity contribution in [1.29, 1.82) is 0 Å². The molecule has 0 bridgehead atoms. The minimum atomic E-state index is -0.440. The van der Waals surface area contributed by atoms with E-state index in [-0.39, 0.29) is 6.04 Å². The number of methoxy groups -OCH3 is 1. The topological polar surface area (TPSA) is 86.5 Å². The molecule has 1 rings (SSSR count). The smallest absolute Gasteiger partial charge is 0.340 e. The minimum absolute atomic E-state index is 0.0947. The van der Waals surface area contributed by atoms with Gasteiger partial charge in [0.15, 0.2) is 0 Å². The molecule has 0 saturated heterocycles. The van der Waals surface area contributed by atoms with Crippen LogP contribution in [0.4, 0.5) is 11.5 Å². The number of nitrogen functional groups attached to an aromatic ring is 1. The summed E-state index contributed by atoms with van der Waals surface area (Å²) in [6, 6.07) is 1.65. The van der Waals surface area contributed by atoms with E-state index in [0.29, 0.717) is 30.3 Å². The first kappa shape index (κ1) is 15.2. The number of esters is 1. The number of hydrogen-bond donors (Lipinski definition) is 2. The average Bonchev–Trinajstić information content (AvgIpc) is 2.40. The van der Waals surface area contributed by atoms with Gasteiger partial charge in [-0.15, -0.1) is 0 Å². The van der Waals surface area contributed by atoms with Gasteiger partial charge < -0.3 is 20.5 Å². The molecule has 1 heterocycles. The van der Waals surface area contributed by atoms with E-state index in [1.54, 1.807) is 20.1 Å². The fourth-order valence-electron chi connectivity index (χ4n) is 1.63. The molecule has 0 aliphatic heterocycles. The number of hydrogen-bond acceptors (Lipinski definition) is 6. The van der Waals surface area contributed by atoms with E-state index in [9.17, 15) is 4.79 Å². The zero-order valence-corrected chi connectivity index (χ0v) is 11.6. The Bertz CT molecular complexity index is 424. The molecule has 1 unspecified atom stereocenters. The van der Waals surface area contributed by atoms with E-state index >= 15 is 0 Å². The first-order valence-corrected chi connectivity index (χ1v) is 6.31. The second kappa shape index (κ2) is 7.58. The lowest BCUT2D eigenvalue weighted by Gasteiger charge is -2.18. The fraction of sp³-hybridized carbons (Fsp3) is 0.538. The molecule has 1 aromatic rings. The molecular formula is C13H21N3O3. The Hall–Kier alpha value is -1.82. The van der Waals surface area contributed by atoms with Gasteiger partial charge in [0.1, 0.15) is 5.82 Å². The summed E-state index contributed by atoms with van der Waals surface area (Å²) >= 11 is 0. The van der Waals surface area contributed by atoms with Crippen molar-refractivity contribution in [2.45, 2.75) is 26.3 Å². The van der Waals surface area contributed by atoms with E-state index in [4.69, 9.17) is 15.2 Å². The SMILES string of the molecule is CCOC(=O)c1ccnc(NC(CC)COC)c1N. The van der Waals surface area contributed by atoms with Crippen LogP contribution in [0.25, 0.3) is 0 Å². The number of nitrogens with zero attached hydrogens (tertiary/aromatic N) is 1. The van der Waals surface area contributed by atoms with Crippen molar-refractivity contribution in [2.24, 2.45) is 0 Å². The average molecular weight is 267 g/mol. The summed E-state index contributed by atoms with van der Waals surface area (Å²) in [6.45, 7) is 4.63. The number of ether oxygens (including phenoxy) is 2. The third-order valence-corrected chi connectivity index (χ3v) is 2.69. The first-order chi connectivity index (χ1) is 9.13. The summed E-state index contributed by atoms with van der Waals surface area (Å²) in [4.78, 5) is 15.9. The molecule has 6 nitrogen and oxygen atoms in total. The zero-order chi connectivity index (χ0) is 14.3. The number of anilines is 2. The third-order valence-electron chi connectivity index (χ3n) is 2.69. The molecule has 0 amide bonds. The Morgan fingerprint density at radius 1 is 1.53 bits per heavy atom. The predicted molar refractivity (Wildman–Crippen MR) is 74.2 cm³/mol. The van der Waals surface area contributed by atoms with Gasteiger partial charge in [-0.1, -0.05) is 6.92 Å². The van der Waals surface area contributed by atoms with Gasteiger partial charge in [-0.05, 0) is 19.4 Å². The van der Waals surface area contributed by atoms with Gasteiger partial charge in [0.05, 0.1) is 30.5 Å². The van der Waals surface area contributed by atoms with Gasteiger partial charge in [0, 0.05) is 13.3 Å². The summed E-state index contributed by atoms with van der Waals surface area (Å²) < 4.78 is 10.0. The van der Waals surface area contributed by atoms with Crippen molar-refractivity contribution in [3.63, 3.8) is 0 Å². The molecule has 106 valence electrons. The number of carbonyl (C=O) groups is 1. The maximum atomic E-state index is 11.7. The van der Waals surface area contributed by atoms with Crippen LogP contribution in [0, 0.1) is 0 Å². The molecule has 6 heteroatoms. The maximum absolute atomic E-state index is 11.7. The molecule has 0 spiro atoms. The zero-order valence-electron chi connectivity index (χ0n) is 11.6. The molecule has 1 atom stereocenters. The predicted octanol–water partition coefficient (Wildman–Crippen LogP) is 1.68. The summed E-state index contributed by atoms with van der Waals surface area (Å²) in [5, 5.41) is 3.17. The van der Waals surface area contributed by atoms with Crippen LogP contribution < -0.4 is 11.1 Å². The number of nitrogens with one attached hydrogen (secondary N) is 1. The number of nitrogens with two attached hydrogens (primary N) is 1. The molecule has 19 heavy (non-hydrogen) atoms. The highest BCUT2D eigenvalue weighted by Crippen LogP contribution is 2.22. The van der Waals surface area contributed by atoms with Crippen LogP contribution in [0.2, 0.25) is 0 Å². The second-order valence-corrected chi connectivity index (χ2v) is 4.05. The Morgan fingerprint density at radius 3 is 2.84 bits per heavy atom. The quantitative estimate of drug-likeness (QED) is 0.731. The van der Waals surface area contributed by atoms with Crippen LogP contribution in [0.3, 0.4) is 0 Å². The van der Waals surface area contributed by atoms with Crippen LogP contribution in [-0.2, 0) is 9.47 Å². The normalized spacial score (nSPS) is 11.9. The Kier molecular flexibility index (Phi) is 6.08. The highest BCUT2D eigenvalue weighted by molar-refractivity contribution is 5.97. The highest BCUT2D eigenvalue weighted by atomic mass is 16.5. The van der Waals surface area contributed by atoms with Gasteiger partial charge in [-0.3, -0.25) is 0 Å². The number of carbonyl (C=O) groups excluding carboxylic acids is 1. The van der Waals surface area contributed by atoms with E-state index in [0.717, 1.165) is 6.42 Å². The monoisotopic (exact) mass is 267 g/mol. The van der Waals surface area contributed by atoms with Crippen molar-refractivity contribution in [1.82, 2.24) is 4.98 Å². The molecule has 1 aromatic heterocycles. The third kappa shape index (κ3) is 4.10.